The van der Waals surface area contributed by atoms with Crippen LogP contribution in [0.5, 0.6) is 0 Å². The van der Waals surface area contributed by atoms with Crippen LogP contribution in [0.3, 0.4) is 0 Å². The minimum Gasteiger partial charge on any atom is -0.295 e. The first-order valence-electron chi connectivity index (χ1n) is 6.79. The first kappa shape index (κ1) is 10.6. The smallest absolute Gasteiger partial charge is 0.159 e. The largest absolute Gasteiger partial charge is 0.295 e. The van der Waals surface area contributed by atoms with Gasteiger partial charge in [-0.3, -0.25) is 4.79 Å². The van der Waals surface area contributed by atoms with Gasteiger partial charge in [-0.15, -0.1) is 0 Å². The van der Waals surface area contributed by atoms with Gasteiger partial charge in [-0.2, -0.15) is 0 Å². The Balaban J connectivity index is 1.99. The van der Waals surface area contributed by atoms with Crippen molar-refractivity contribution in [3.63, 3.8) is 0 Å². The van der Waals surface area contributed by atoms with Gasteiger partial charge < -0.3 is 0 Å². The predicted molar refractivity (Wildman–Crippen MR) is 64.9 cm³/mol. The molecule has 0 amide bonds. The molecule has 0 aromatic rings. The molecule has 1 heteroatoms. The van der Waals surface area contributed by atoms with Crippen molar-refractivity contribution >= 4 is 5.78 Å². The fourth-order valence-electron chi connectivity index (χ4n) is 4.57. The maximum atomic E-state index is 12.0. The summed E-state index contributed by atoms with van der Waals surface area (Å²) in [7, 11) is 0. The van der Waals surface area contributed by atoms with Crippen molar-refractivity contribution in [3.05, 3.63) is 11.1 Å². The summed E-state index contributed by atoms with van der Waals surface area (Å²) < 4.78 is 0. The van der Waals surface area contributed by atoms with Crippen LogP contribution < -0.4 is 0 Å². The van der Waals surface area contributed by atoms with Crippen molar-refractivity contribution in [2.45, 2.75) is 40.5 Å². The Morgan fingerprint density at radius 2 is 1.88 bits per heavy atom. The number of fused-ring (bicyclic) bond motifs is 2. The van der Waals surface area contributed by atoms with Gasteiger partial charge in [0.25, 0.3) is 0 Å². The molecule has 16 heavy (non-hydrogen) atoms. The Bertz CT molecular complexity index is 377. The van der Waals surface area contributed by atoms with E-state index >= 15 is 0 Å². The fraction of sp³-hybridized carbons (Fsp3) is 0.800. The van der Waals surface area contributed by atoms with Crippen LogP contribution in [0.1, 0.15) is 40.5 Å². The summed E-state index contributed by atoms with van der Waals surface area (Å²) >= 11 is 0. The fourth-order valence-corrected chi connectivity index (χ4v) is 4.57. The van der Waals surface area contributed by atoms with E-state index in [2.05, 4.69) is 27.7 Å². The third kappa shape index (κ3) is 1.20. The maximum absolute atomic E-state index is 12.0. The van der Waals surface area contributed by atoms with Crippen LogP contribution in [0.25, 0.3) is 0 Å². The molecule has 0 spiro atoms. The lowest BCUT2D eigenvalue weighted by molar-refractivity contribution is -0.115. The zero-order chi connectivity index (χ0) is 11.6. The van der Waals surface area contributed by atoms with Crippen LogP contribution in [-0.4, -0.2) is 5.78 Å². The van der Waals surface area contributed by atoms with Crippen LogP contribution >= 0.6 is 0 Å². The topological polar surface area (TPSA) is 17.1 Å². The molecule has 0 unspecified atom stereocenters. The Labute approximate surface area is 98.3 Å². The molecular weight excluding hydrogens is 196 g/mol. The molecule has 0 bridgehead atoms. The number of carbonyl (C=O) groups excluding carboxylic acids is 1. The predicted octanol–water partition coefficient (Wildman–Crippen LogP) is 3.45. The average Bonchev–Trinajstić information content (AvgIpc) is 2.80. The highest BCUT2D eigenvalue weighted by molar-refractivity contribution is 6.00. The number of ketones is 1. The monoisotopic (exact) mass is 218 g/mol. The Hall–Kier alpha value is -0.590. The number of rotatable bonds is 1. The summed E-state index contributed by atoms with van der Waals surface area (Å²) in [5, 5.41) is 0. The van der Waals surface area contributed by atoms with E-state index in [0.717, 1.165) is 30.1 Å². The Morgan fingerprint density at radius 3 is 2.50 bits per heavy atom. The van der Waals surface area contributed by atoms with Crippen molar-refractivity contribution in [3.8, 4) is 0 Å². The zero-order valence-electron chi connectivity index (χ0n) is 10.8. The minimum absolute atomic E-state index is 0.461. The van der Waals surface area contributed by atoms with Gasteiger partial charge in [0.1, 0.15) is 0 Å². The molecule has 0 radical (unpaired) electrons. The molecule has 0 heterocycles. The van der Waals surface area contributed by atoms with Crippen molar-refractivity contribution < 1.29 is 4.79 Å². The molecule has 0 aliphatic heterocycles. The first-order chi connectivity index (χ1) is 7.52. The van der Waals surface area contributed by atoms with E-state index in [1.54, 1.807) is 5.57 Å². The normalized spacial score (nSPS) is 46.1. The van der Waals surface area contributed by atoms with E-state index in [1.807, 2.05) is 0 Å². The molecule has 0 aromatic carbocycles. The van der Waals surface area contributed by atoms with E-state index in [-0.39, 0.29) is 0 Å². The van der Waals surface area contributed by atoms with Gasteiger partial charge in [-0.05, 0) is 47.5 Å². The molecule has 1 nitrogen and oxygen atoms in total. The SMILES string of the molecule is CC(C)[C@H]1[C@@H]2C[C@@H](C)C3=C([C@@H]21)[C@@H](C)CC3=O. The van der Waals surface area contributed by atoms with Gasteiger partial charge in [0, 0.05) is 6.42 Å². The van der Waals surface area contributed by atoms with E-state index in [4.69, 9.17) is 0 Å². The van der Waals surface area contributed by atoms with Crippen LogP contribution in [-0.2, 0) is 4.79 Å². The molecule has 5 atom stereocenters. The molecular formula is C15H22O. The molecule has 3 rings (SSSR count). The minimum atomic E-state index is 0.461. The molecule has 1 saturated carbocycles. The van der Waals surface area contributed by atoms with Gasteiger partial charge in [0.15, 0.2) is 5.78 Å². The average molecular weight is 218 g/mol. The summed E-state index contributed by atoms with van der Waals surface area (Å²) in [6.45, 7) is 9.20. The maximum Gasteiger partial charge on any atom is 0.159 e. The number of allylic oxidation sites excluding steroid dienone is 2. The van der Waals surface area contributed by atoms with Crippen molar-refractivity contribution in [2.75, 3.05) is 0 Å². The molecule has 1 fully saturated rings. The third-order valence-corrected chi connectivity index (χ3v) is 5.11. The van der Waals surface area contributed by atoms with Crippen molar-refractivity contribution in [1.82, 2.24) is 0 Å². The summed E-state index contributed by atoms with van der Waals surface area (Å²) in [5.74, 6) is 4.90. The lowest BCUT2D eigenvalue weighted by Crippen LogP contribution is -2.13. The molecule has 3 aliphatic carbocycles. The lowest BCUT2D eigenvalue weighted by Gasteiger charge is -2.20. The number of Topliss-reactive ketones (excluding diaryl/α,β-unsaturated/α-hetero) is 1. The standard InChI is InChI=1S/C15H22O/c1-7(2)12-10-5-8(3)13-11(16)6-9(4)14(13)15(10)12/h7-10,12,15H,5-6H2,1-4H3/t8-,9+,10+,12+,15+/m1/s1. The van der Waals surface area contributed by atoms with Gasteiger partial charge in [0.2, 0.25) is 0 Å². The highest BCUT2D eigenvalue weighted by atomic mass is 16.1. The summed E-state index contributed by atoms with van der Waals surface area (Å²) in [4.78, 5) is 12.0. The zero-order valence-corrected chi connectivity index (χ0v) is 10.8. The van der Waals surface area contributed by atoms with E-state index < -0.39 is 0 Å². The van der Waals surface area contributed by atoms with Gasteiger partial charge in [-0.25, -0.2) is 0 Å². The third-order valence-electron chi connectivity index (χ3n) is 5.11. The second-order valence-corrected chi connectivity index (χ2v) is 6.55. The van der Waals surface area contributed by atoms with E-state index in [0.29, 0.717) is 17.6 Å². The Morgan fingerprint density at radius 1 is 1.19 bits per heavy atom. The van der Waals surface area contributed by atoms with E-state index in [1.165, 1.54) is 12.0 Å². The van der Waals surface area contributed by atoms with Crippen LogP contribution in [0.4, 0.5) is 0 Å². The van der Waals surface area contributed by atoms with Crippen molar-refractivity contribution in [1.29, 1.82) is 0 Å². The first-order valence-corrected chi connectivity index (χ1v) is 6.79. The lowest BCUT2D eigenvalue weighted by atomic mass is 9.83. The molecule has 0 aromatic heterocycles. The van der Waals surface area contributed by atoms with Crippen LogP contribution in [0.2, 0.25) is 0 Å². The van der Waals surface area contributed by atoms with Gasteiger partial charge in [-0.1, -0.05) is 33.3 Å². The van der Waals surface area contributed by atoms with Crippen LogP contribution in [0.15, 0.2) is 11.1 Å². The van der Waals surface area contributed by atoms with Gasteiger partial charge >= 0.3 is 0 Å². The molecule has 88 valence electrons. The quantitative estimate of drug-likeness (QED) is 0.659. The summed E-state index contributed by atoms with van der Waals surface area (Å²) in [6.07, 6.45) is 2.06. The highest BCUT2D eigenvalue weighted by Gasteiger charge is 2.59. The molecule has 3 aliphatic rings. The number of carbonyl (C=O) groups is 1. The van der Waals surface area contributed by atoms with Gasteiger partial charge in [0.05, 0.1) is 0 Å². The van der Waals surface area contributed by atoms with Crippen LogP contribution in [0, 0.1) is 35.5 Å². The number of hydrogen-bond donors (Lipinski definition) is 0. The number of hydrogen-bond acceptors (Lipinski definition) is 1. The molecule has 0 N–H and O–H groups in total. The second-order valence-electron chi connectivity index (χ2n) is 6.55. The summed E-state index contributed by atoms with van der Waals surface area (Å²) in [6, 6.07) is 0. The molecule has 0 saturated heterocycles. The van der Waals surface area contributed by atoms with E-state index in [9.17, 15) is 4.79 Å². The summed E-state index contributed by atoms with van der Waals surface area (Å²) in [5.41, 5.74) is 2.82. The van der Waals surface area contributed by atoms with Crippen molar-refractivity contribution in [2.24, 2.45) is 35.5 Å². The highest BCUT2D eigenvalue weighted by Crippen LogP contribution is 2.65. The Kier molecular flexibility index (Phi) is 2.12. The second kappa shape index (κ2) is 3.21.